The molecule has 1 aliphatic heterocycles. The van der Waals surface area contributed by atoms with Crippen molar-refractivity contribution < 1.29 is 0 Å². The van der Waals surface area contributed by atoms with Crippen LogP contribution < -0.4 is 20.7 Å². The van der Waals surface area contributed by atoms with Crippen molar-refractivity contribution in [3.8, 4) is 22.4 Å². The molecule has 0 N–H and O–H groups in total. The molecule has 0 saturated carbocycles. The predicted octanol–water partition coefficient (Wildman–Crippen LogP) is 6.57. The summed E-state index contributed by atoms with van der Waals surface area (Å²) < 4.78 is 4.87. The molecule has 3 heterocycles. The van der Waals surface area contributed by atoms with Gasteiger partial charge in [-0.2, -0.15) is 0 Å². The molecule has 9 aromatic rings. The van der Waals surface area contributed by atoms with Crippen molar-refractivity contribution in [1.29, 1.82) is 0 Å². The predicted molar refractivity (Wildman–Crippen MR) is 217 cm³/mol. The highest BCUT2D eigenvalue weighted by molar-refractivity contribution is 8.01. The van der Waals surface area contributed by atoms with Gasteiger partial charge in [-0.25, -0.2) is 14.3 Å². The van der Waals surface area contributed by atoms with Gasteiger partial charge in [-0.15, -0.1) is 11.3 Å². The number of thiophene rings is 1. The number of nitrogens with zero attached hydrogens (tertiary/aromatic N) is 3. The van der Waals surface area contributed by atoms with E-state index in [0.29, 0.717) is 5.95 Å². The maximum absolute atomic E-state index is 5.52. The van der Waals surface area contributed by atoms with Crippen LogP contribution in [0.1, 0.15) is 0 Å². The summed E-state index contributed by atoms with van der Waals surface area (Å²) in [5.41, 5.74) is 10.5. The largest absolute Gasteiger partial charge is 0.246 e. The highest BCUT2D eigenvalue weighted by atomic mass is 32.2. The van der Waals surface area contributed by atoms with Gasteiger partial charge in [-0.3, -0.25) is 0 Å². The van der Waals surface area contributed by atoms with Crippen LogP contribution in [-0.2, 0) is 0 Å². The van der Waals surface area contributed by atoms with Crippen molar-refractivity contribution in [2.75, 3.05) is 4.31 Å². The molecule has 0 spiro atoms. The monoisotopic (exact) mass is 645 g/mol. The van der Waals surface area contributed by atoms with Crippen molar-refractivity contribution in [3.63, 3.8) is 0 Å². The molecular weight excluding hydrogens is 619 g/mol. The Hall–Kier alpha value is -5.04. The zero-order valence-electron chi connectivity index (χ0n) is 26.7. The van der Waals surface area contributed by atoms with Crippen LogP contribution in [0, 0.1) is 0 Å². The molecule has 222 valence electrons. The summed E-state index contributed by atoms with van der Waals surface area (Å²) in [6.07, 6.45) is 0. The number of anilines is 2. The lowest BCUT2D eigenvalue weighted by Crippen LogP contribution is -2.27. The molecule has 7 aromatic carbocycles. The number of benzene rings is 7. The van der Waals surface area contributed by atoms with Crippen LogP contribution in [0.4, 0.5) is 11.6 Å². The van der Waals surface area contributed by atoms with E-state index in [4.69, 9.17) is 9.97 Å². The Kier molecular flexibility index (Phi) is 6.12. The molecule has 0 fully saturated rings. The lowest BCUT2D eigenvalue weighted by Gasteiger charge is -2.32. The molecule has 48 heavy (non-hydrogen) atoms. The lowest BCUT2D eigenvalue weighted by molar-refractivity contribution is 1.17. The van der Waals surface area contributed by atoms with Crippen LogP contribution in [0.15, 0.2) is 126 Å². The number of rotatable bonds is 2. The van der Waals surface area contributed by atoms with Gasteiger partial charge < -0.3 is 0 Å². The first-order valence-electron chi connectivity index (χ1n) is 16.3. The number of hydrogen-bond donors (Lipinski definition) is 0. The Balaban J connectivity index is 1.37. The van der Waals surface area contributed by atoms with Gasteiger partial charge in [0, 0.05) is 36.9 Å². The van der Waals surface area contributed by atoms with Gasteiger partial charge in [0.25, 0.3) is 0 Å². The first-order chi connectivity index (χ1) is 23.5. The molecule has 3 nitrogen and oxygen atoms in total. The number of para-hydroxylation sites is 1. The zero-order valence-corrected chi connectivity index (χ0v) is 28.3. The standard InChI is InChI=1S/C40H26B3N3S2/c41-22-19-28(42)36(29(43)20-22)37-26-13-5-7-15-30(26)44-40(45-37)46-38-35(34-23-10-2-1-9-21(23)17-18-32(34)48-46)25-12-4-3-11-24(25)33-27-14-6-8-16-31(27)47-39(33)38/h1-20H,41-43H2. The fourth-order valence-corrected chi connectivity index (χ4v) is 10.2. The highest BCUT2D eigenvalue weighted by Gasteiger charge is 2.33. The molecular formula is C40H26B3N3S2. The van der Waals surface area contributed by atoms with Gasteiger partial charge in [-0.05, 0) is 57.3 Å². The van der Waals surface area contributed by atoms with E-state index >= 15 is 0 Å². The van der Waals surface area contributed by atoms with E-state index in [1.54, 1.807) is 11.9 Å². The van der Waals surface area contributed by atoms with Crippen molar-refractivity contribution in [2.24, 2.45) is 0 Å². The summed E-state index contributed by atoms with van der Waals surface area (Å²) in [5, 5.41) is 8.68. The number of aromatic nitrogens is 2. The van der Waals surface area contributed by atoms with Crippen molar-refractivity contribution in [2.45, 2.75) is 4.90 Å². The lowest BCUT2D eigenvalue weighted by atomic mass is 9.75. The van der Waals surface area contributed by atoms with Crippen molar-refractivity contribution in [3.05, 3.63) is 121 Å². The molecule has 0 amide bonds. The maximum atomic E-state index is 5.52. The molecule has 10 rings (SSSR count). The molecule has 8 heteroatoms. The van der Waals surface area contributed by atoms with Crippen LogP contribution in [0.5, 0.6) is 0 Å². The van der Waals surface area contributed by atoms with Crippen LogP contribution in [-0.4, -0.2) is 33.5 Å². The summed E-state index contributed by atoms with van der Waals surface area (Å²) in [7, 11) is 6.56. The van der Waals surface area contributed by atoms with Crippen molar-refractivity contribution >= 4 is 127 Å². The minimum Gasteiger partial charge on any atom is -0.246 e. The van der Waals surface area contributed by atoms with Gasteiger partial charge in [0.2, 0.25) is 5.95 Å². The third-order valence-corrected chi connectivity index (χ3v) is 12.0. The van der Waals surface area contributed by atoms with Gasteiger partial charge >= 0.3 is 0 Å². The fourth-order valence-electron chi connectivity index (χ4n) is 7.86. The summed E-state index contributed by atoms with van der Waals surface area (Å²) in [5.74, 6) is 0.696. The van der Waals surface area contributed by atoms with Crippen LogP contribution in [0.25, 0.3) is 75.0 Å². The second kappa shape index (κ2) is 10.5. The second-order valence-corrected chi connectivity index (χ2v) is 14.8. The van der Waals surface area contributed by atoms with Crippen LogP contribution in [0.3, 0.4) is 0 Å². The van der Waals surface area contributed by atoms with E-state index in [1.807, 2.05) is 11.3 Å². The third kappa shape index (κ3) is 4.00. The molecule has 1 aliphatic rings. The molecule has 0 bridgehead atoms. The Morgan fingerprint density at radius 1 is 0.562 bits per heavy atom. The molecule has 0 aliphatic carbocycles. The number of fused-ring (bicyclic) bond motifs is 13. The van der Waals surface area contributed by atoms with Crippen molar-refractivity contribution in [1.82, 2.24) is 9.97 Å². The quantitative estimate of drug-likeness (QED) is 0.157. The van der Waals surface area contributed by atoms with E-state index in [-0.39, 0.29) is 0 Å². The Morgan fingerprint density at radius 2 is 1.23 bits per heavy atom. The average molecular weight is 645 g/mol. The normalized spacial score (nSPS) is 12.7. The Labute approximate surface area is 289 Å². The smallest absolute Gasteiger partial charge is 0.241 e. The van der Waals surface area contributed by atoms with E-state index in [1.165, 1.54) is 79.7 Å². The summed E-state index contributed by atoms with van der Waals surface area (Å²) in [6, 6.07) is 44.0. The van der Waals surface area contributed by atoms with E-state index in [9.17, 15) is 0 Å². The molecule has 0 saturated heterocycles. The van der Waals surface area contributed by atoms with Crippen LogP contribution in [0.2, 0.25) is 0 Å². The van der Waals surface area contributed by atoms with Crippen LogP contribution >= 0.6 is 23.3 Å². The first-order valence-corrected chi connectivity index (χ1v) is 17.9. The molecule has 0 unspecified atom stereocenters. The van der Waals surface area contributed by atoms with E-state index in [2.05, 4.69) is 149 Å². The minimum atomic E-state index is 0.696. The summed E-state index contributed by atoms with van der Waals surface area (Å²) in [6.45, 7) is 0. The van der Waals surface area contributed by atoms with Gasteiger partial charge in [0.1, 0.15) is 23.5 Å². The topological polar surface area (TPSA) is 29.0 Å². The fraction of sp³-hybridized carbons (Fsp3) is 0. The molecule has 2 aromatic heterocycles. The van der Waals surface area contributed by atoms with Gasteiger partial charge in [-0.1, -0.05) is 120 Å². The highest BCUT2D eigenvalue weighted by Crippen LogP contribution is 2.59. The molecule has 0 radical (unpaired) electrons. The zero-order chi connectivity index (χ0) is 32.1. The maximum Gasteiger partial charge on any atom is 0.241 e. The SMILES string of the molecule is Bc1cc(B)c(-c2nc(N3Sc4ccc5ccccc5c4-c4c3c3sc5ccccc5c3c3ccccc43)nc3ccccc23)c(B)c1. The number of hydrogen-bond acceptors (Lipinski definition) is 5. The summed E-state index contributed by atoms with van der Waals surface area (Å²) >= 11 is 3.61. The van der Waals surface area contributed by atoms with Gasteiger partial charge in [0.15, 0.2) is 0 Å². The summed E-state index contributed by atoms with van der Waals surface area (Å²) in [4.78, 5) is 12.1. The minimum absolute atomic E-state index is 0.696. The van der Waals surface area contributed by atoms with E-state index in [0.717, 1.165) is 22.3 Å². The van der Waals surface area contributed by atoms with E-state index < -0.39 is 0 Å². The molecule has 0 atom stereocenters. The third-order valence-electron chi connectivity index (χ3n) is 9.73. The second-order valence-electron chi connectivity index (χ2n) is 12.8. The first kappa shape index (κ1) is 28.0. The van der Waals surface area contributed by atoms with Gasteiger partial charge in [0.05, 0.1) is 21.6 Å². The Morgan fingerprint density at radius 3 is 2.04 bits per heavy atom. The Bertz CT molecular complexity index is 2810. The average Bonchev–Trinajstić information content (AvgIpc) is 3.50.